The van der Waals surface area contributed by atoms with Crippen LogP contribution in [0.15, 0.2) is 12.1 Å². The minimum Gasteiger partial charge on any atom is -0.370 e. The zero-order chi connectivity index (χ0) is 12.6. The van der Waals surface area contributed by atoms with Gasteiger partial charge in [0.25, 0.3) is 0 Å². The number of nitrogens with two attached hydrogens (primary N) is 1. The Labute approximate surface area is 105 Å². The third-order valence-electron chi connectivity index (χ3n) is 4.02. The molecule has 2 unspecified atom stereocenters. The molecule has 2 N–H and O–H groups in total. The molecule has 0 amide bonds. The molecule has 2 nitrogen and oxygen atoms in total. The van der Waals surface area contributed by atoms with E-state index in [0.717, 1.165) is 0 Å². The molecule has 1 aliphatic rings. The summed E-state index contributed by atoms with van der Waals surface area (Å²) >= 11 is 0. The Kier molecular flexibility index (Phi) is 3.43. The zero-order valence-electron chi connectivity index (χ0n) is 11.5. The molecule has 94 valence electrons. The summed E-state index contributed by atoms with van der Waals surface area (Å²) in [6, 6.07) is 5.37. The Balaban J connectivity index is 2.33. The first-order chi connectivity index (χ1) is 8.00. The van der Waals surface area contributed by atoms with E-state index >= 15 is 0 Å². The smallest absolute Gasteiger partial charge is 0.0438 e. The summed E-state index contributed by atoms with van der Waals surface area (Å²) < 4.78 is 0. The SMILES string of the molecule is Cc1cc(C)c(N(C)C2CCCC2N)c(C)c1. The highest BCUT2D eigenvalue weighted by Gasteiger charge is 2.28. The van der Waals surface area contributed by atoms with Crippen LogP contribution in [0.1, 0.15) is 36.0 Å². The molecule has 2 rings (SSSR count). The molecule has 1 saturated carbocycles. The molecule has 0 aromatic heterocycles. The lowest BCUT2D eigenvalue weighted by molar-refractivity contribution is 0.571. The first-order valence-corrected chi connectivity index (χ1v) is 6.57. The van der Waals surface area contributed by atoms with Crippen LogP contribution < -0.4 is 10.6 Å². The fraction of sp³-hybridized carbons (Fsp3) is 0.600. The van der Waals surface area contributed by atoms with Gasteiger partial charge < -0.3 is 10.6 Å². The van der Waals surface area contributed by atoms with E-state index in [2.05, 4.69) is 44.9 Å². The molecule has 0 saturated heterocycles. The molecule has 0 aliphatic heterocycles. The summed E-state index contributed by atoms with van der Waals surface area (Å²) in [6.45, 7) is 6.56. The minimum atomic E-state index is 0.333. The van der Waals surface area contributed by atoms with Gasteiger partial charge in [-0.1, -0.05) is 17.7 Å². The predicted octanol–water partition coefficient (Wildman–Crippen LogP) is 2.93. The second kappa shape index (κ2) is 4.69. The van der Waals surface area contributed by atoms with Crippen molar-refractivity contribution < 1.29 is 0 Å². The highest BCUT2D eigenvalue weighted by atomic mass is 15.2. The summed E-state index contributed by atoms with van der Waals surface area (Å²) in [5.74, 6) is 0. The van der Waals surface area contributed by atoms with Crippen molar-refractivity contribution in [2.75, 3.05) is 11.9 Å². The second-order valence-corrected chi connectivity index (χ2v) is 5.52. The number of likely N-dealkylation sites (N-methyl/N-ethyl adjacent to an activating group) is 1. The zero-order valence-corrected chi connectivity index (χ0v) is 11.5. The molecule has 1 aromatic rings. The summed E-state index contributed by atoms with van der Waals surface area (Å²) in [5, 5.41) is 0. The van der Waals surface area contributed by atoms with Crippen LogP contribution in [0, 0.1) is 20.8 Å². The fourth-order valence-electron chi connectivity index (χ4n) is 3.34. The monoisotopic (exact) mass is 232 g/mol. The van der Waals surface area contributed by atoms with Crippen molar-refractivity contribution in [2.24, 2.45) is 5.73 Å². The maximum absolute atomic E-state index is 6.21. The van der Waals surface area contributed by atoms with Gasteiger partial charge in [0.1, 0.15) is 0 Å². The van der Waals surface area contributed by atoms with Crippen molar-refractivity contribution in [3.63, 3.8) is 0 Å². The number of hydrogen-bond acceptors (Lipinski definition) is 2. The maximum atomic E-state index is 6.21. The van der Waals surface area contributed by atoms with E-state index in [1.165, 1.54) is 41.6 Å². The molecule has 2 atom stereocenters. The Morgan fingerprint density at radius 2 is 1.71 bits per heavy atom. The van der Waals surface area contributed by atoms with Gasteiger partial charge in [-0.2, -0.15) is 0 Å². The van der Waals surface area contributed by atoms with Gasteiger partial charge in [-0.05, 0) is 51.2 Å². The van der Waals surface area contributed by atoms with Crippen molar-refractivity contribution in [3.8, 4) is 0 Å². The van der Waals surface area contributed by atoms with Crippen molar-refractivity contribution in [1.29, 1.82) is 0 Å². The third-order valence-corrected chi connectivity index (χ3v) is 4.02. The van der Waals surface area contributed by atoms with Crippen LogP contribution in [0.2, 0.25) is 0 Å². The van der Waals surface area contributed by atoms with Crippen LogP contribution in [0.25, 0.3) is 0 Å². The van der Waals surface area contributed by atoms with Crippen LogP contribution in [0.4, 0.5) is 5.69 Å². The van der Waals surface area contributed by atoms with Gasteiger partial charge in [-0.25, -0.2) is 0 Å². The van der Waals surface area contributed by atoms with Gasteiger partial charge in [-0.3, -0.25) is 0 Å². The van der Waals surface area contributed by atoms with E-state index in [4.69, 9.17) is 5.73 Å². The van der Waals surface area contributed by atoms with Gasteiger partial charge in [0.05, 0.1) is 0 Å². The van der Waals surface area contributed by atoms with Crippen molar-refractivity contribution in [1.82, 2.24) is 0 Å². The Morgan fingerprint density at radius 3 is 2.18 bits per heavy atom. The van der Waals surface area contributed by atoms with Gasteiger partial charge in [-0.15, -0.1) is 0 Å². The van der Waals surface area contributed by atoms with E-state index in [9.17, 15) is 0 Å². The molecular formula is C15H24N2. The molecular weight excluding hydrogens is 208 g/mol. The van der Waals surface area contributed by atoms with Gasteiger partial charge >= 0.3 is 0 Å². The molecule has 17 heavy (non-hydrogen) atoms. The number of benzene rings is 1. The molecule has 0 heterocycles. The number of aryl methyl sites for hydroxylation is 3. The van der Waals surface area contributed by atoms with E-state index < -0.39 is 0 Å². The molecule has 0 radical (unpaired) electrons. The normalized spacial score (nSPS) is 24.1. The average Bonchev–Trinajstić information content (AvgIpc) is 2.62. The standard InChI is InChI=1S/C15H24N2/c1-10-8-11(2)15(12(3)9-10)17(4)14-7-5-6-13(14)16/h8-9,13-14H,5-7,16H2,1-4H3. The van der Waals surface area contributed by atoms with Gasteiger partial charge in [0.15, 0.2) is 0 Å². The minimum absolute atomic E-state index is 0.333. The maximum Gasteiger partial charge on any atom is 0.0438 e. The molecule has 1 aromatic carbocycles. The Hall–Kier alpha value is -1.02. The number of rotatable bonds is 2. The van der Waals surface area contributed by atoms with Crippen molar-refractivity contribution >= 4 is 5.69 Å². The molecule has 1 fully saturated rings. The van der Waals surface area contributed by atoms with Crippen LogP contribution in [-0.2, 0) is 0 Å². The number of nitrogens with zero attached hydrogens (tertiary/aromatic N) is 1. The van der Waals surface area contributed by atoms with Crippen LogP contribution in [0.5, 0.6) is 0 Å². The molecule has 2 heteroatoms. The average molecular weight is 232 g/mol. The lowest BCUT2D eigenvalue weighted by atomic mass is 10.0. The lowest BCUT2D eigenvalue weighted by Gasteiger charge is -2.32. The van der Waals surface area contributed by atoms with E-state index in [1.54, 1.807) is 0 Å². The lowest BCUT2D eigenvalue weighted by Crippen LogP contribution is -2.42. The van der Waals surface area contributed by atoms with Crippen LogP contribution >= 0.6 is 0 Å². The number of anilines is 1. The van der Waals surface area contributed by atoms with E-state index in [1.807, 2.05) is 0 Å². The van der Waals surface area contributed by atoms with Crippen molar-refractivity contribution in [3.05, 3.63) is 28.8 Å². The summed E-state index contributed by atoms with van der Waals surface area (Å²) in [5.41, 5.74) is 11.6. The van der Waals surface area contributed by atoms with E-state index in [0.29, 0.717) is 12.1 Å². The van der Waals surface area contributed by atoms with Gasteiger partial charge in [0.2, 0.25) is 0 Å². The first-order valence-electron chi connectivity index (χ1n) is 6.57. The van der Waals surface area contributed by atoms with Crippen LogP contribution in [0.3, 0.4) is 0 Å². The summed E-state index contributed by atoms with van der Waals surface area (Å²) in [6.07, 6.45) is 3.66. The summed E-state index contributed by atoms with van der Waals surface area (Å²) in [4.78, 5) is 2.40. The summed E-state index contributed by atoms with van der Waals surface area (Å²) in [7, 11) is 2.19. The van der Waals surface area contributed by atoms with Crippen molar-refractivity contribution in [2.45, 2.75) is 52.1 Å². The molecule has 1 aliphatic carbocycles. The highest BCUT2D eigenvalue weighted by Crippen LogP contribution is 2.31. The predicted molar refractivity (Wildman–Crippen MR) is 74.7 cm³/mol. The highest BCUT2D eigenvalue weighted by molar-refractivity contribution is 5.60. The first kappa shape index (κ1) is 12.4. The molecule has 0 spiro atoms. The Morgan fingerprint density at radius 1 is 1.12 bits per heavy atom. The quantitative estimate of drug-likeness (QED) is 0.849. The second-order valence-electron chi connectivity index (χ2n) is 5.52. The fourth-order valence-corrected chi connectivity index (χ4v) is 3.34. The topological polar surface area (TPSA) is 29.3 Å². The molecule has 0 bridgehead atoms. The van der Waals surface area contributed by atoms with Gasteiger partial charge in [0, 0.05) is 24.8 Å². The third kappa shape index (κ3) is 2.32. The van der Waals surface area contributed by atoms with E-state index in [-0.39, 0.29) is 0 Å². The Bertz CT molecular complexity index is 388. The largest absolute Gasteiger partial charge is 0.370 e. The number of hydrogen-bond donors (Lipinski definition) is 1. The van der Waals surface area contributed by atoms with Crippen LogP contribution in [-0.4, -0.2) is 19.1 Å².